The van der Waals surface area contributed by atoms with Crippen LogP contribution in [0.15, 0.2) is 134 Å². The van der Waals surface area contributed by atoms with Crippen LogP contribution in [0.3, 0.4) is 0 Å². The van der Waals surface area contributed by atoms with Crippen molar-refractivity contribution in [2.75, 3.05) is 13.2 Å². The summed E-state index contributed by atoms with van der Waals surface area (Å²) in [6, 6.07) is 0. The predicted octanol–water partition coefficient (Wildman–Crippen LogP) is 21.4. The van der Waals surface area contributed by atoms with Crippen LogP contribution in [-0.2, 0) is 28.6 Å². The van der Waals surface area contributed by atoms with Crippen molar-refractivity contribution in [1.82, 2.24) is 0 Å². The molecule has 0 N–H and O–H groups in total. The number of hydrogen-bond acceptors (Lipinski definition) is 6. The van der Waals surface area contributed by atoms with Gasteiger partial charge in [0.05, 0.1) is 0 Å². The number of ether oxygens (including phenoxy) is 3. The molecule has 0 rings (SSSR count). The fraction of sp³-hybridized carbons (Fsp3) is 0.643. The van der Waals surface area contributed by atoms with Gasteiger partial charge in [-0.05, 0) is 116 Å². The minimum atomic E-state index is -0.792. The van der Waals surface area contributed by atoms with Gasteiger partial charge in [-0.2, -0.15) is 0 Å². The average molecular weight is 1050 g/mol. The van der Waals surface area contributed by atoms with Crippen molar-refractivity contribution >= 4 is 17.9 Å². The Labute approximate surface area is 468 Å². The molecule has 0 aromatic carbocycles. The molecule has 0 saturated heterocycles. The summed E-state index contributed by atoms with van der Waals surface area (Å²) in [6.07, 6.45) is 88.8. The molecule has 0 heterocycles. The molecule has 0 spiro atoms. The molecular formula is C70H114O6. The van der Waals surface area contributed by atoms with E-state index in [4.69, 9.17) is 14.2 Å². The Morgan fingerprint density at radius 3 is 0.803 bits per heavy atom. The molecular weight excluding hydrogens is 937 g/mol. The molecule has 0 aromatic rings. The van der Waals surface area contributed by atoms with E-state index < -0.39 is 6.10 Å². The van der Waals surface area contributed by atoms with Gasteiger partial charge in [-0.15, -0.1) is 0 Å². The lowest BCUT2D eigenvalue weighted by atomic mass is 10.1. The second-order valence-electron chi connectivity index (χ2n) is 20.2. The van der Waals surface area contributed by atoms with Crippen LogP contribution < -0.4 is 0 Å². The van der Waals surface area contributed by atoms with E-state index in [2.05, 4.69) is 154 Å². The molecule has 0 bridgehead atoms. The zero-order valence-electron chi connectivity index (χ0n) is 49.2. The molecule has 1 unspecified atom stereocenters. The highest BCUT2D eigenvalue weighted by molar-refractivity contribution is 5.71. The van der Waals surface area contributed by atoms with Gasteiger partial charge in [-0.3, -0.25) is 14.4 Å². The van der Waals surface area contributed by atoms with Crippen molar-refractivity contribution in [2.24, 2.45) is 0 Å². The molecule has 0 fully saturated rings. The van der Waals surface area contributed by atoms with Gasteiger partial charge in [0.1, 0.15) is 13.2 Å². The first-order valence-electron chi connectivity index (χ1n) is 31.2. The summed E-state index contributed by atoms with van der Waals surface area (Å²) in [4.78, 5) is 38.2. The van der Waals surface area contributed by atoms with Crippen LogP contribution in [0.2, 0.25) is 0 Å². The largest absolute Gasteiger partial charge is 0.462 e. The van der Waals surface area contributed by atoms with E-state index in [1.165, 1.54) is 83.5 Å². The maximum atomic E-state index is 12.9. The molecule has 0 aromatic heterocycles. The van der Waals surface area contributed by atoms with Gasteiger partial charge >= 0.3 is 17.9 Å². The predicted molar refractivity (Wildman–Crippen MR) is 329 cm³/mol. The van der Waals surface area contributed by atoms with Crippen LogP contribution >= 0.6 is 0 Å². The van der Waals surface area contributed by atoms with Gasteiger partial charge < -0.3 is 14.2 Å². The van der Waals surface area contributed by atoms with Crippen LogP contribution in [-0.4, -0.2) is 37.2 Å². The molecule has 0 aliphatic rings. The number of rotatable bonds is 55. The van der Waals surface area contributed by atoms with E-state index in [-0.39, 0.29) is 31.1 Å². The standard InChI is InChI=1S/C70H114O6/c1-4-7-10-13-16-19-22-24-26-28-29-30-31-32-33-34-35-36-37-38-39-40-41-43-44-46-48-51-54-57-60-63-69(72)75-66-67(65-74-68(71)62-59-56-53-50-21-18-15-12-9-6-3)76-70(73)64-61-58-55-52-49-47-45-42-27-25-23-20-17-14-11-8-5-2/h7-8,10-11,16-17,19-20,24-27,29-30,32-33,35-36,38-39,41,43,67H,4-6,9,12-15,18,21-23,28,31,34,37,40,42,44-66H2,1-3H3/b10-7-,11-8-,19-16-,20-17-,26-24-,27-25-,30-29-,33-32-,36-35-,39-38-,43-41-. The minimum Gasteiger partial charge on any atom is -0.462 e. The Hall–Kier alpha value is -4.45. The second-order valence-corrected chi connectivity index (χ2v) is 20.2. The van der Waals surface area contributed by atoms with E-state index in [0.717, 1.165) is 148 Å². The monoisotopic (exact) mass is 1050 g/mol. The van der Waals surface area contributed by atoms with Crippen LogP contribution in [0.5, 0.6) is 0 Å². The van der Waals surface area contributed by atoms with E-state index >= 15 is 0 Å². The smallest absolute Gasteiger partial charge is 0.306 e. The molecule has 430 valence electrons. The third kappa shape index (κ3) is 60.4. The molecule has 0 radical (unpaired) electrons. The number of carbonyl (C=O) groups is 3. The van der Waals surface area contributed by atoms with Crippen LogP contribution in [0.25, 0.3) is 0 Å². The maximum Gasteiger partial charge on any atom is 0.306 e. The average Bonchev–Trinajstić information content (AvgIpc) is 3.42. The van der Waals surface area contributed by atoms with E-state index in [1.807, 2.05) is 0 Å². The molecule has 0 aliphatic carbocycles. The Morgan fingerprint density at radius 2 is 0.513 bits per heavy atom. The number of allylic oxidation sites excluding steroid dienone is 22. The lowest BCUT2D eigenvalue weighted by Crippen LogP contribution is -2.30. The van der Waals surface area contributed by atoms with Crippen molar-refractivity contribution in [3.05, 3.63) is 134 Å². The zero-order valence-corrected chi connectivity index (χ0v) is 49.2. The maximum absolute atomic E-state index is 12.9. The molecule has 0 saturated carbocycles. The fourth-order valence-electron chi connectivity index (χ4n) is 8.30. The Morgan fingerprint density at radius 1 is 0.276 bits per heavy atom. The van der Waals surface area contributed by atoms with Crippen LogP contribution in [0.4, 0.5) is 0 Å². The zero-order chi connectivity index (χ0) is 55.0. The summed E-state index contributed by atoms with van der Waals surface area (Å²) >= 11 is 0. The van der Waals surface area contributed by atoms with E-state index in [1.54, 1.807) is 0 Å². The molecule has 0 amide bonds. The summed E-state index contributed by atoms with van der Waals surface area (Å²) in [6.45, 7) is 6.38. The van der Waals surface area contributed by atoms with Crippen LogP contribution in [0, 0.1) is 0 Å². The van der Waals surface area contributed by atoms with Crippen molar-refractivity contribution in [3.63, 3.8) is 0 Å². The summed E-state index contributed by atoms with van der Waals surface area (Å²) in [5.41, 5.74) is 0. The van der Waals surface area contributed by atoms with Gasteiger partial charge in [0.2, 0.25) is 0 Å². The molecule has 1 atom stereocenters. The molecule has 6 heteroatoms. The quantitative estimate of drug-likeness (QED) is 0.0261. The van der Waals surface area contributed by atoms with Crippen LogP contribution in [0.1, 0.15) is 271 Å². The summed E-state index contributed by atoms with van der Waals surface area (Å²) in [7, 11) is 0. The second kappa shape index (κ2) is 63.1. The summed E-state index contributed by atoms with van der Waals surface area (Å²) < 4.78 is 16.9. The van der Waals surface area contributed by atoms with Gasteiger partial charge in [0.15, 0.2) is 6.10 Å². The number of carbonyl (C=O) groups excluding carboxylic acids is 3. The SMILES string of the molecule is CC/C=C\C/C=C\C/C=C\C/C=C\C/C=C\C/C=C\C/C=C\C/C=C\CCCCCCCCC(=O)OCC(COC(=O)CCCCCCCCCCCC)OC(=O)CCCCCCCCC/C=C\C/C=C\C/C=C\CC. The highest BCUT2D eigenvalue weighted by Crippen LogP contribution is 2.15. The van der Waals surface area contributed by atoms with E-state index in [9.17, 15) is 14.4 Å². The fourth-order valence-corrected chi connectivity index (χ4v) is 8.30. The molecule has 76 heavy (non-hydrogen) atoms. The number of esters is 3. The lowest BCUT2D eigenvalue weighted by Gasteiger charge is -2.18. The third-order valence-electron chi connectivity index (χ3n) is 12.9. The Kier molecular flexibility index (Phi) is 59.4. The van der Waals surface area contributed by atoms with Crippen molar-refractivity contribution in [3.8, 4) is 0 Å². The van der Waals surface area contributed by atoms with Crippen molar-refractivity contribution in [2.45, 2.75) is 277 Å². The highest BCUT2D eigenvalue weighted by atomic mass is 16.6. The third-order valence-corrected chi connectivity index (χ3v) is 12.9. The van der Waals surface area contributed by atoms with Crippen molar-refractivity contribution < 1.29 is 28.6 Å². The minimum absolute atomic E-state index is 0.0882. The molecule has 0 aliphatic heterocycles. The Balaban J connectivity index is 4.29. The first kappa shape index (κ1) is 71.5. The summed E-state index contributed by atoms with van der Waals surface area (Å²) in [5.74, 6) is -0.915. The summed E-state index contributed by atoms with van der Waals surface area (Å²) in [5, 5.41) is 0. The number of hydrogen-bond donors (Lipinski definition) is 0. The first-order valence-corrected chi connectivity index (χ1v) is 31.2. The topological polar surface area (TPSA) is 78.9 Å². The normalized spacial score (nSPS) is 13.0. The molecule has 6 nitrogen and oxygen atoms in total. The van der Waals surface area contributed by atoms with Gasteiger partial charge in [-0.1, -0.05) is 270 Å². The van der Waals surface area contributed by atoms with E-state index in [0.29, 0.717) is 19.3 Å². The van der Waals surface area contributed by atoms with Gasteiger partial charge in [0.25, 0.3) is 0 Å². The van der Waals surface area contributed by atoms with Gasteiger partial charge in [0, 0.05) is 19.3 Å². The van der Waals surface area contributed by atoms with Gasteiger partial charge in [-0.25, -0.2) is 0 Å². The first-order chi connectivity index (χ1) is 37.5. The van der Waals surface area contributed by atoms with Crippen molar-refractivity contribution in [1.29, 1.82) is 0 Å². The Bertz CT molecular complexity index is 1630. The highest BCUT2D eigenvalue weighted by Gasteiger charge is 2.19. The number of unbranched alkanes of at least 4 members (excludes halogenated alkanes) is 22. The lowest BCUT2D eigenvalue weighted by molar-refractivity contribution is -0.167.